The lowest BCUT2D eigenvalue weighted by atomic mass is 10.0. The third kappa shape index (κ3) is 1.97. The Morgan fingerprint density at radius 2 is 1.62 bits per heavy atom. The average Bonchev–Trinajstić information content (AvgIpc) is 3.25. The number of carbonyl (C=O) groups excluding carboxylic acids is 1. The summed E-state index contributed by atoms with van der Waals surface area (Å²) in [7, 11) is 1.77. The molecule has 0 bridgehead atoms. The van der Waals surface area contributed by atoms with Crippen LogP contribution in [0.25, 0.3) is 11.0 Å². The predicted octanol–water partition coefficient (Wildman–Crippen LogP) is 3.82. The fourth-order valence-electron chi connectivity index (χ4n) is 4.22. The molecule has 6 nitrogen and oxygen atoms in total. The van der Waals surface area contributed by atoms with Crippen LogP contribution >= 0.6 is 0 Å². The number of ether oxygens (including phenoxy) is 1. The third-order valence-corrected chi connectivity index (χ3v) is 5.55. The zero-order valence-electron chi connectivity index (χ0n) is 15.6. The van der Waals surface area contributed by atoms with Crippen molar-refractivity contribution in [3.8, 4) is 0 Å². The number of nitrogens with zero attached hydrogens (tertiary/aromatic N) is 4. The highest BCUT2D eigenvalue weighted by Crippen LogP contribution is 2.48. The van der Waals surface area contributed by atoms with E-state index in [2.05, 4.69) is 4.99 Å². The van der Waals surface area contributed by atoms with Gasteiger partial charge in [-0.2, -0.15) is 4.99 Å². The number of aliphatic imine (C=N–C) groups is 1. The number of benzene rings is 3. The number of hydrogen-bond donors (Lipinski definition) is 0. The van der Waals surface area contributed by atoms with E-state index >= 15 is 0 Å². The molecule has 0 N–H and O–H groups in total. The summed E-state index contributed by atoms with van der Waals surface area (Å²) < 4.78 is 8.32. The van der Waals surface area contributed by atoms with E-state index in [1.165, 1.54) is 0 Å². The molecule has 3 aromatic carbocycles. The fraction of sp³-hybridized carbons (Fsp3) is 0.0870. The lowest BCUT2D eigenvalue weighted by molar-refractivity contribution is -0.137. The number of amides is 1. The minimum atomic E-state index is -1.39. The molecule has 1 spiro atoms. The van der Waals surface area contributed by atoms with Crippen molar-refractivity contribution in [1.82, 2.24) is 9.55 Å². The Balaban J connectivity index is 1.73. The molecule has 140 valence electrons. The van der Waals surface area contributed by atoms with E-state index in [9.17, 15) is 4.79 Å². The van der Waals surface area contributed by atoms with Crippen molar-refractivity contribution in [3.63, 3.8) is 0 Å². The molecule has 0 saturated heterocycles. The van der Waals surface area contributed by atoms with E-state index in [4.69, 9.17) is 9.72 Å². The highest BCUT2D eigenvalue weighted by molar-refractivity contribution is 6.11. The molecule has 1 atom stereocenters. The Morgan fingerprint density at radius 1 is 0.897 bits per heavy atom. The van der Waals surface area contributed by atoms with Gasteiger partial charge in [-0.25, -0.2) is 4.98 Å². The van der Waals surface area contributed by atoms with Gasteiger partial charge < -0.3 is 9.64 Å². The van der Waals surface area contributed by atoms with Gasteiger partial charge in [0.05, 0.1) is 22.3 Å². The Kier molecular flexibility index (Phi) is 3.07. The first-order chi connectivity index (χ1) is 14.2. The molecule has 0 fully saturated rings. The van der Waals surface area contributed by atoms with Crippen LogP contribution in [0.5, 0.6) is 0 Å². The van der Waals surface area contributed by atoms with Crippen molar-refractivity contribution in [3.05, 3.63) is 90.0 Å². The van der Waals surface area contributed by atoms with Gasteiger partial charge >= 0.3 is 0 Å². The van der Waals surface area contributed by atoms with Crippen LogP contribution in [0.3, 0.4) is 0 Å². The molecule has 0 radical (unpaired) electrons. The quantitative estimate of drug-likeness (QED) is 0.504. The number of fused-ring (bicyclic) bond motifs is 6. The van der Waals surface area contributed by atoms with Crippen molar-refractivity contribution >= 4 is 34.5 Å². The molecule has 0 unspecified atom stereocenters. The van der Waals surface area contributed by atoms with Gasteiger partial charge in [-0.15, -0.1) is 0 Å². The van der Waals surface area contributed by atoms with Gasteiger partial charge in [0, 0.05) is 12.6 Å². The van der Waals surface area contributed by atoms with Crippen LogP contribution in [0.4, 0.5) is 11.6 Å². The zero-order chi connectivity index (χ0) is 19.6. The maximum atomic E-state index is 13.7. The number of para-hydroxylation sites is 3. The van der Waals surface area contributed by atoms with Gasteiger partial charge in [-0.05, 0) is 30.3 Å². The maximum Gasteiger partial charge on any atom is 0.299 e. The zero-order valence-corrected chi connectivity index (χ0v) is 15.6. The minimum Gasteiger partial charge on any atom is -0.436 e. The number of hydrogen-bond acceptors (Lipinski definition) is 4. The van der Waals surface area contributed by atoms with Gasteiger partial charge in [0.25, 0.3) is 11.6 Å². The summed E-state index contributed by atoms with van der Waals surface area (Å²) in [5.74, 6) is 0.660. The van der Waals surface area contributed by atoms with E-state index in [0.29, 0.717) is 11.8 Å². The second-order valence-corrected chi connectivity index (χ2v) is 7.15. The van der Waals surface area contributed by atoms with Crippen LogP contribution in [0, 0.1) is 0 Å². The normalized spacial score (nSPS) is 19.8. The summed E-state index contributed by atoms with van der Waals surface area (Å²) in [4.78, 5) is 24.7. The highest BCUT2D eigenvalue weighted by Gasteiger charge is 2.57. The Bertz CT molecular complexity index is 1330. The summed E-state index contributed by atoms with van der Waals surface area (Å²) in [6.07, 6.45) is 0. The molecule has 4 aromatic rings. The van der Waals surface area contributed by atoms with Crippen molar-refractivity contribution in [2.45, 2.75) is 5.72 Å². The molecule has 29 heavy (non-hydrogen) atoms. The Labute approximate surface area is 166 Å². The van der Waals surface area contributed by atoms with Crippen LogP contribution in [0.2, 0.25) is 0 Å². The van der Waals surface area contributed by atoms with Crippen molar-refractivity contribution in [2.75, 3.05) is 11.9 Å². The number of anilines is 1. The van der Waals surface area contributed by atoms with Gasteiger partial charge in [-0.1, -0.05) is 48.5 Å². The van der Waals surface area contributed by atoms with Gasteiger partial charge in [-0.3, -0.25) is 9.36 Å². The number of aromatic nitrogens is 2. The fourth-order valence-corrected chi connectivity index (χ4v) is 4.22. The Hall–Kier alpha value is -3.93. The molecular formula is C23H16N4O2. The van der Waals surface area contributed by atoms with E-state index in [1.807, 2.05) is 83.4 Å². The molecule has 1 aromatic heterocycles. The molecular weight excluding hydrogens is 364 g/mol. The number of likely N-dealkylation sites (N-methyl/N-ethyl adjacent to an activating group) is 1. The minimum absolute atomic E-state index is 0.175. The van der Waals surface area contributed by atoms with Crippen molar-refractivity contribution in [2.24, 2.45) is 4.99 Å². The van der Waals surface area contributed by atoms with Gasteiger partial charge in [0.2, 0.25) is 11.8 Å². The molecule has 0 aliphatic carbocycles. The van der Waals surface area contributed by atoms with E-state index in [0.717, 1.165) is 27.8 Å². The summed E-state index contributed by atoms with van der Waals surface area (Å²) >= 11 is 0. The second kappa shape index (κ2) is 5.54. The summed E-state index contributed by atoms with van der Waals surface area (Å²) in [6, 6.07) is 25.0. The molecule has 2 aliphatic rings. The summed E-state index contributed by atoms with van der Waals surface area (Å²) in [6.45, 7) is 0. The SMILES string of the molecule is CN1C(=O)[C@]2(OC(c3ccccc3)=Nc3nc4ccccc4n32)c2ccccc21. The first kappa shape index (κ1) is 16.1. The van der Waals surface area contributed by atoms with Gasteiger partial charge in [0.1, 0.15) is 0 Å². The van der Waals surface area contributed by atoms with Crippen LogP contribution in [-0.4, -0.2) is 28.4 Å². The van der Waals surface area contributed by atoms with E-state index < -0.39 is 5.72 Å². The van der Waals surface area contributed by atoms with Gasteiger partial charge in [0.15, 0.2) is 0 Å². The third-order valence-electron chi connectivity index (χ3n) is 5.55. The molecule has 6 heteroatoms. The second-order valence-electron chi connectivity index (χ2n) is 7.15. The number of imidazole rings is 1. The smallest absolute Gasteiger partial charge is 0.299 e. The molecule has 2 aliphatic heterocycles. The largest absolute Gasteiger partial charge is 0.436 e. The maximum absolute atomic E-state index is 13.7. The highest BCUT2D eigenvalue weighted by atomic mass is 16.5. The number of rotatable bonds is 1. The van der Waals surface area contributed by atoms with E-state index in [-0.39, 0.29) is 5.91 Å². The lowest BCUT2D eigenvalue weighted by Crippen LogP contribution is -2.49. The molecule has 6 rings (SSSR count). The Morgan fingerprint density at radius 3 is 2.48 bits per heavy atom. The average molecular weight is 380 g/mol. The number of carbonyl (C=O) groups is 1. The first-order valence-electron chi connectivity index (χ1n) is 9.39. The topological polar surface area (TPSA) is 59.7 Å². The molecule has 0 saturated carbocycles. The van der Waals surface area contributed by atoms with E-state index in [1.54, 1.807) is 11.9 Å². The van der Waals surface area contributed by atoms with Crippen LogP contribution < -0.4 is 4.90 Å². The summed E-state index contributed by atoms with van der Waals surface area (Å²) in [5, 5.41) is 0. The summed E-state index contributed by atoms with van der Waals surface area (Å²) in [5.41, 5.74) is 2.57. The van der Waals surface area contributed by atoms with Crippen molar-refractivity contribution < 1.29 is 9.53 Å². The lowest BCUT2D eigenvalue weighted by Gasteiger charge is -2.34. The predicted molar refractivity (Wildman–Crippen MR) is 110 cm³/mol. The van der Waals surface area contributed by atoms with Crippen LogP contribution in [-0.2, 0) is 15.3 Å². The molecule has 3 heterocycles. The van der Waals surface area contributed by atoms with Crippen molar-refractivity contribution in [1.29, 1.82) is 0 Å². The van der Waals surface area contributed by atoms with Crippen LogP contribution in [0.1, 0.15) is 11.1 Å². The standard InChI is InChI=1S/C23H16N4O2/c1-26-18-13-7-5-11-16(18)23(21(26)28)27-19-14-8-6-12-17(19)24-22(27)25-20(29-23)15-9-3-2-4-10-15/h2-14H,1H3/t23-/m1/s1. The monoisotopic (exact) mass is 380 g/mol. The molecule has 1 amide bonds. The van der Waals surface area contributed by atoms with Crippen LogP contribution in [0.15, 0.2) is 83.9 Å². The first-order valence-corrected chi connectivity index (χ1v) is 9.39.